The largest absolute Gasteiger partial charge is 0.416 e. The molecule has 1 aliphatic heterocycles. The molecule has 1 aromatic carbocycles. The number of aliphatic hydroxyl groups is 1. The Morgan fingerprint density at radius 3 is 2.77 bits per heavy atom. The molecule has 0 aliphatic carbocycles. The van der Waals surface area contributed by atoms with Crippen molar-refractivity contribution in [1.29, 1.82) is 0 Å². The van der Waals surface area contributed by atoms with Gasteiger partial charge in [0.25, 0.3) is 0 Å². The fourth-order valence-corrected chi connectivity index (χ4v) is 4.41. The summed E-state index contributed by atoms with van der Waals surface area (Å²) in [5.41, 5.74) is 6.53. The van der Waals surface area contributed by atoms with Gasteiger partial charge in [0.15, 0.2) is 0 Å². The first-order chi connectivity index (χ1) is 14.1. The Morgan fingerprint density at radius 1 is 1.37 bits per heavy atom. The first-order valence-corrected chi connectivity index (χ1v) is 10.8. The fourth-order valence-electron chi connectivity index (χ4n) is 3.24. The smallest absolute Gasteiger partial charge is 0.399 e. The number of anilines is 2. The number of nitrogens with zero attached hydrogens (tertiary/aromatic N) is 3. The molecule has 0 fully saturated rings. The summed E-state index contributed by atoms with van der Waals surface area (Å²) < 4.78 is 53.4. The zero-order valence-corrected chi connectivity index (χ0v) is 17.6. The van der Waals surface area contributed by atoms with E-state index in [0.29, 0.717) is 35.6 Å². The number of aliphatic hydroxyl groups excluding tert-OH is 1. The van der Waals surface area contributed by atoms with Gasteiger partial charge in [-0.05, 0) is 42.3 Å². The lowest BCUT2D eigenvalue weighted by atomic mass is 10.0. The summed E-state index contributed by atoms with van der Waals surface area (Å²) in [4.78, 5) is 8.43. The fraction of sp³-hybridized carbons (Fsp3) is 0.444. The van der Waals surface area contributed by atoms with Gasteiger partial charge in [0.2, 0.25) is 5.28 Å². The van der Waals surface area contributed by atoms with E-state index in [1.165, 1.54) is 6.07 Å². The minimum Gasteiger partial charge on any atom is -0.399 e. The van der Waals surface area contributed by atoms with Crippen LogP contribution in [0.2, 0.25) is 5.28 Å². The maximum Gasteiger partial charge on any atom is 0.416 e. The van der Waals surface area contributed by atoms with Crippen LogP contribution in [0.1, 0.15) is 35.3 Å². The van der Waals surface area contributed by atoms with E-state index < -0.39 is 28.8 Å². The van der Waals surface area contributed by atoms with E-state index in [1.54, 1.807) is 11.2 Å². The van der Waals surface area contributed by atoms with Crippen molar-refractivity contribution in [1.82, 2.24) is 14.3 Å². The van der Waals surface area contributed by atoms with Crippen molar-refractivity contribution in [2.75, 3.05) is 30.0 Å². The van der Waals surface area contributed by atoms with E-state index in [4.69, 9.17) is 22.4 Å². The van der Waals surface area contributed by atoms with Gasteiger partial charge in [-0.2, -0.15) is 13.2 Å². The molecule has 1 unspecified atom stereocenters. The van der Waals surface area contributed by atoms with Crippen LogP contribution in [0, 0.1) is 0 Å². The average Bonchev–Trinajstić information content (AvgIpc) is 2.66. The van der Waals surface area contributed by atoms with E-state index in [0.717, 1.165) is 12.1 Å². The first kappa shape index (κ1) is 22.7. The molecule has 2 atom stereocenters. The highest BCUT2D eigenvalue weighted by Crippen LogP contribution is 2.34. The zero-order valence-electron chi connectivity index (χ0n) is 16.0. The third-order valence-electron chi connectivity index (χ3n) is 4.71. The number of rotatable bonds is 6. The van der Waals surface area contributed by atoms with Gasteiger partial charge in [-0.3, -0.25) is 0 Å². The van der Waals surface area contributed by atoms with E-state index in [9.17, 15) is 17.4 Å². The van der Waals surface area contributed by atoms with Crippen molar-refractivity contribution in [2.24, 2.45) is 0 Å². The van der Waals surface area contributed by atoms with E-state index in [1.807, 2.05) is 0 Å². The summed E-state index contributed by atoms with van der Waals surface area (Å²) in [6, 6.07) is 2.81. The maximum absolute atomic E-state index is 13.1. The van der Waals surface area contributed by atoms with Gasteiger partial charge in [0, 0.05) is 30.8 Å². The monoisotopic (exact) mass is 463 g/mol. The van der Waals surface area contributed by atoms with Crippen LogP contribution in [0.15, 0.2) is 18.2 Å². The van der Waals surface area contributed by atoms with Crippen molar-refractivity contribution >= 4 is 34.1 Å². The number of benzene rings is 1. The zero-order chi connectivity index (χ0) is 22.1. The number of hydrogen-bond donors (Lipinski definition) is 3. The quantitative estimate of drug-likeness (QED) is 0.449. The van der Waals surface area contributed by atoms with Crippen molar-refractivity contribution in [3.8, 4) is 0 Å². The first-order valence-electron chi connectivity index (χ1n) is 9.12. The molecular weight excluding hydrogens is 443 g/mol. The Labute approximate surface area is 179 Å². The molecule has 0 saturated carbocycles. The van der Waals surface area contributed by atoms with Gasteiger partial charge in [0.1, 0.15) is 5.82 Å². The van der Waals surface area contributed by atoms with Gasteiger partial charge < -0.3 is 16.2 Å². The molecule has 2 heterocycles. The second-order valence-corrected chi connectivity index (χ2v) is 8.79. The number of alkyl halides is 3. The molecule has 4 N–H and O–H groups in total. The lowest BCUT2D eigenvalue weighted by Crippen LogP contribution is -2.35. The molecule has 0 radical (unpaired) electrons. The Bertz CT molecular complexity index is 960. The molecule has 0 amide bonds. The van der Waals surface area contributed by atoms with Crippen LogP contribution in [0.5, 0.6) is 0 Å². The molecule has 1 aromatic heterocycles. The standard InChI is InChI=1S/C18H21ClF3N5O2S/c1-10(11-6-12(18(20,21)22)8-13(23)7-11)24-16-14-9-27(30(29)5-4-28)3-2-15(14)25-17(19)26-16/h6-8,10,28H,2-5,9,23H2,1H3,(H,24,25,26)/t10-,30?/m1/s1. The SMILES string of the molecule is C[C@@H](Nc1nc(Cl)nc2c1CN(S(=O)CCO)CC2)c1cc(N)cc(C(F)(F)F)c1. The summed E-state index contributed by atoms with van der Waals surface area (Å²) in [5, 5.41) is 12.1. The second kappa shape index (κ2) is 9.04. The number of nitrogens with two attached hydrogens (primary N) is 1. The second-order valence-electron chi connectivity index (χ2n) is 6.88. The van der Waals surface area contributed by atoms with Crippen LogP contribution in [-0.4, -0.2) is 42.5 Å². The van der Waals surface area contributed by atoms with Crippen molar-refractivity contribution in [3.63, 3.8) is 0 Å². The molecule has 30 heavy (non-hydrogen) atoms. The average molecular weight is 464 g/mol. The van der Waals surface area contributed by atoms with Crippen LogP contribution in [0.25, 0.3) is 0 Å². The molecule has 2 aromatic rings. The van der Waals surface area contributed by atoms with Gasteiger partial charge in [-0.25, -0.2) is 18.5 Å². The molecule has 0 saturated heterocycles. The normalized spacial score (nSPS) is 16.7. The van der Waals surface area contributed by atoms with Crippen molar-refractivity contribution in [2.45, 2.75) is 32.1 Å². The minimum absolute atomic E-state index is 0.00167. The number of fused-ring (bicyclic) bond motifs is 1. The van der Waals surface area contributed by atoms with Crippen LogP contribution in [0.4, 0.5) is 24.7 Å². The van der Waals surface area contributed by atoms with Gasteiger partial charge in [-0.15, -0.1) is 0 Å². The number of aromatic nitrogens is 2. The molecule has 1 aliphatic rings. The highest BCUT2D eigenvalue weighted by molar-refractivity contribution is 7.82. The van der Waals surface area contributed by atoms with Crippen molar-refractivity contribution in [3.05, 3.63) is 45.9 Å². The summed E-state index contributed by atoms with van der Waals surface area (Å²) in [6.45, 7) is 2.22. The molecule has 3 rings (SSSR count). The third-order valence-corrected chi connectivity index (χ3v) is 6.30. The Morgan fingerprint density at radius 2 is 2.10 bits per heavy atom. The number of halogens is 4. The number of nitrogens with one attached hydrogen (secondary N) is 1. The van der Waals surface area contributed by atoms with Crippen molar-refractivity contribution < 1.29 is 22.5 Å². The predicted molar refractivity (Wildman–Crippen MR) is 109 cm³/mol. The van der Waals surface area contributed by atoms with Crippen LogP contribution in [0.3, 0.4) is 0 Å². The van der Waals surface area contributed by atoms with Crippen LogP contribution >= 0.6 is 11.6 Å². The topological polar surface area (TPSA) is 104 Å². The van der Waals surface area contributed by atoms with Gasteiger partial charge >= 0.3 is 6.18 Å². The summed E-state index contributed by atoms with van der Waals surface area (Å²) in [5.74, 6) is 0.478. The van der Waals surface area contributed by atoms with E-state index >= 15 is 0 Å². The molecule has 0 bridgehead atoms. The molecule has 0 spiro atoms. The molecular formula is C18H21ClF3N5O2S. The highest BCUT2D eigenvalue weighted by Gasteiger charge is 2.32. The summed E-state index contributed by atoms with van der Waals surface area (Å²) >= 11 is 6.03. The Balaban J connectivity index is 1.90. The summed E-state index contributed by atoms with van der Waals surface area (Å²) in [6.07, 6.45) is -4.03. The molecule has 164 valence electrons. The molecule has 7 nitrogen and oxygen atoms in total. The minimum atomic E-state index is -4.52. The van der Waals surface area contributed by atoms with Crippen LogP contribution in [-0.2, 0) is 30.1 Å². The predicted octanol–water partition coefficient (Wildman–Crippen LogP) is 2.92. The van der Waals surface area contributed by atoms with Crippen LogP contribution < -0.4 is 11.1 Å². The third kappa shape index (κ3) is 5.20. The molecule has 12 heteroatoms. The Kier molecular flexibility index (Phi) is 6.85. The highest BCUT2D eigenvalue weighted by atomic mass is 35.5. The lowest BCUT2D eigenvalue weighted by molar-refractivity contribution is -0.137. The van der Waals surface area contributed by atoms with Gasteiger partial charge in [0.05, 0.1) is 40.6 Å². The number of hydrogen-bond acceptors (Lipinski definition) is 6. The Hall–Kier alpha value is -1.95. The lowest BCUT2D eigenvalue weighted by Gasteiger charge is -2.29. The van der Waals surface area contributed by atoms with Gasteiger partial charge in [-0.1, -0.05) is 0 Å². The van der Waals surface area contributed by atoms with E-state index in [-0.39, 0.29) is 29.9 Å². The van der Waals surface area contributed by atoms with E-state index in [2.05, 4.69) is 15.3 Å². The maximum atomic E-state index is 13.1. The number of nitrogen functional groups attached to an aromatic ring is 1. The summed E-state index contributed by atoms with van der Waals surface area (Å²) in [7, 11) is -1.37.